The minimum absolute atomic E-state index is 0.0844. The zero-order valence-electron chi connectivity index (χ0n) is 8.23. The molecule has 0 aliphatic heterocycles. The summed E-state index contributed by atoms with van der Waals surface area (Å²) in [6.07, 6.45) is 0.234. The number of rotatable bonds is 3. The molecule has 0 N–H and O–H groups in total. The van der Waals surface area contributed by atoms with Gasteiger partial charge in [0.2, 0.25) is 0 Å². The molecule has 1 atom stereocenters. The van der Waals surface area contributed by atoms with Crippen molar-refractivity contribution in [3.05, 3.63) is 35.4 Å². The molecule has 0 aliphatic rings. The van der Waals surface area contributed by atoms with E-state index in [1.807, 2.05) is 13.8 Å². The summed E-state index contributed by atoms with van der Waals surface area (Å²) in [7, 11) is 0. The largest absolute Gasteiger partial charge is 0.207 e. The van der Waals surface area contributed by atoms with Crippen LogP contribution in [-0.4, -0.2) is 5.38 Å². The zero-order valence-corrected chi connectivity index (χ0v) is 8.98. The second-order valence-electron chi connectivity index (χ2n) is 3.66. The first-order chi connectivity index (χ1) is 6.52. The summed E-state index contributed by atoms with van der Waals surface area (Å²) >= 11 is 5.96. The molecule has 14 heavy (non-hydrogen) atoms. The van der Waals surface area contributed by atoms with Crippen LogP contribution < -0.4 is 0 Å². The summed E-state index contributed by atoms with van der Waals surface area (Å²) in [6.45, 7) is 3.85. The molecule has 78 valence electrons. The van der Waals surface area contributed by atoms with Crippen molar-refractivity contribution in [2.75, 3.05) is 0 Å². The third-order valence-corrected chi connectivity index (χ3v) is 2.84. The van der Waals surface area contributed by atoms with Crippen LogP contribution in [0.2, 0.25) is 0 Å². The predicted octanol–water partition coefficient (Wildman–Crippen LogP) is 3.77. The molecule has 0 bridgehead atoms. The normalized spacial score (nSPS) is 13.3. The van der Waals surface area contributed by atoms with Crippen molar-refractivity contribution < 1.29 is 8.78 Å². The Bertz CT molecular complexity index is 290. The molecular formula is C11H13ClF2. The molecule has 0 aliphatic carbocycles. The van der Waals surface area contributed by atoms with Crippen molar-refractivity contribution in [2.24, 2.45) is 5.92 Å². The third-order valence-electron chi connectivity index (χ3n) is 2.18. The van der Waals surface area contributed by atoms with E-state index >= 15 is 0 Å². The number of alkyl halides is 1. The van der Waals surface area contributed by atoms with Gasteiger partial charge < -0.3 is 0 Å². The fourth-order valence-electron chi connectivity index (χ4n) is 1.16. The van der Waals surface area contributed by atoms with E-state index in [0.29, 0.717) is 0 Å². The smallest absolute Gasteiger partial charge is 0.129 e. The van der Waals surface area contributed by atoms with Crippen molar-refractivity contribution in [2.45, 2.75) is 25.6 Å². The fraction of sp³-hybridized carbons (Fsp3) is 0.455. The second kappa shape index (κ2) is 4.74. The maximum Gasteiger partial charge on any atom is 0.129 e. The van der Waals surface area contributed by atoms with Gasteiger partial charge in [0, 0.05) is 10.9 Å². The van der Waals surface area contributed by atoms with Crippen molar-refractivity contribution in [3.63, 3.8) is 0 Å². The first-order valence-corrected chi connectivity index (χ1v) is 5.03. The Morgan fingerprint density at radius 2 is 1.71 bits per heavy atom. The number of hydrogen-bond donors (Lipinski definition) is 0. The van der Waals surface area contributed by atoms with Crippen LogP contribution in [0.3, 0.4) is 0 Å². The van der Waals surface area contributed by atoms with Gasteiger partial charge in [0.25, 0.3) is 0 Å². The molecular weight excluding hydrogens is 206 g/mol. The van der Waals surface area contributed by atoms with Crippen LogP contribution in [-0.2, 0) is 6.42 Å². The highest BCUT2D eigenvalue weighted by Gasteiger charge is 2.16. The van der Waals surface area contributed by atoms with E-state index in [2.05, 4.69) is 0 Å². The Morgan fingerprint density at radius 3 is 2.14 bits per heavy atom. The Morgan fingerprint density at radius 1 is 1.21 bits per heavy atom. The molecule has 0 radical (unpaired) electrons. The van der Waals surface area contributed by atoms with Gasteiger partial charge >= 0.3 is 0 Å². The minimum atomic E-state index is -0.517. The van der Waals surface area contributed by atoms with E-state index in [0.717, 1.165) is 0 Å². The summed E-state index contributed by atoms with van der Waals surface area (Å²) in [4.78, 5) is 0. The summed E-state index contributed by atoms with van der Waals surface area (Å²) in [5, 5.41) is -0.235. The van der Waals surface area contributed by atoms with Crippen LogP contribution in [0.15, 0.2) is 18.2 Å². The maximum atomic E-state index is 13.2. The molecule has 0 heterocycles. The Hall–Kier alpha value is -0.630. The summed E-state index contributed by atoms with van der Waals surface area (Å²) in [6, 6.07) is 3.86. The maximum absolute atomic E-state index is 13.2. The van der Waals surface area contributed by atoms with Crippen LogP contribution >= 0.6 is 11.6 Å². The van der Waals surface area contributed by atoms with E-state index in [-0.39, 0.29) is 23.3 Å². The first kappa shape index (κ1) is 11.4. The lowest BCUT2D eigenvalue weighted by molar-refractivity contribution is 0.526. The van der Waals surface area contributed by atoms with Gasteiger partial charge in [0.05, 0.1) is 0 Å². The van der Waals surface area contributed by atoms with Crippen LogP contribution in [0.25, 0.3) is 0 Å². The quantitative estimate of drug-likeness (QED) is 0.678. The molecule has 1 rings (SSSR count). The number of hydrogen-bond acceptors (Lipinski definition) is 0. The summed E-state index contributed by atoms with van der Waals surface area (Å²) in [5.41, 5.74) is 0.0844. The molecule has 1 aromatic carbocycles. The van der Waals surface area contributed by atoms with Gasteiger partial charge in [-0.2, -0.15) is 0 Å². The zero-order chi connectivity index (χ0) is 10.7. The number of benzene rings is 1. The Kier molecular flexibility index (Phi) is 3.87. The van der Waals surface area contributed by atoms with Gasteiger partial charge in [-0.05, 0) is 24.5 Å². The molecule has 3 heteroatoms. The Balaban J connectivity index is 2.85. The van der Waals surface area contributed by atoms with E-state index < -0.39 is 11.6 Å². The number of halogens is 3. The average Bonchev–Trinajstić information content (AvgIpc) is 2.11. The molecule has 0 amide bonds. The molecule has 0 saturated heterocycles. The topological polar surface area (TPSA) is 0 Å². The highest BCUT2D eigenvalue weighted by Crippen LogP contribution is 2.20. The minimum Gasteiger partial charge on any atom is -0.207 e. The monoisotopic (exact) mass is 218 g/mol. The van der Waals surface area contributed by atoms with Gasteiger partial charge in [-0.1, -0.05) is 19.9 Å². The van der Waals surface area contributed by atoms with E-state index in [1.54, 1.807) is 0 Å². The Labute approximate surface area is 87.9 Å². The van der Waals surface area contributed by atoms with E-state index in [4.69, 9.17) is 11.6 Å². The van der Waals surface area contributed by atoms with Gasteiger partial charge in [0.1, 0.15) is 11.6 Å². The highest BCUT2D eigenvalue weighted by atomic mass is 35.5. The molecule has 1 unspecified atom stereocenters. The standard InChI is InChI=1S/C11H13ClF2/c1-7(2)9(12)6-8-10(13)4-3-5-11(8)14/h3-5,7,9H,6H2,1-2H3. The van der Waals surface area contributed by atoms with Crippen molar-refractivity contribution in [1.82, 2.24) is 0 Å². The molecule has 0 fully saturated rings. The van der Waals surface area contributed by atoms with E-state index in [1.165, 1.54) is 18.2 Å². The average molecular weight is 219 g/mol. The SMILES string of the molecule is CC(C)C(Cl)Cc1c(F)cccc1F. The van der Waals surface area contributed by atoms with Crippen molar-refractivity contribution in [1.29, 1.82) is 0 Å². The summed E-state index contributed by atoms with van der Waals surface area (Å²) < 4.78 is 26.4. The summed E-state index contributed by atoms with van der Waals surface area (Å²) in [5.74, 6) is -0.830. The lowest BCUT2D eigenvalue weighted by Gasteiger charge is -2.13. The van der Waals surface area contributed by atoms with Gasteiger partial charge in [-0.25, -0.2) is 8.78 Å². The molecule has 0 saturated carbocycles. The second-order valence-corrected chi connectivity index (χ2v) is 4.22. The van der Waals surface area contributed by atoms with Gasteiger partial charge in [-0.3, -0.25) is 0 Å². The molecule has 0 aromatic heterocycles. The molecule has 0 spiro atoms. The lowest BCUT2D eigenvalue weighted by atomic mass is 10.0. The van der Waals surface area contributed by atoms with Crippen LogP contribution in [0.4, 0.5) is 8.78 Å². The van der Waals surface area contributed by atoms with Crippen LogP contribution in [0, 0.1) is 17.6 Å². The van der Waals surface area contributed by atoms with Crippen molar-refractivity contribution >= 4 is 11.6 Å². The van der Waals surface area contributed by atoms with Crippen molar-refractivity contribution in [3.8, 4) is 0 Å². The third kappa shape index (κ3) is 2.68. The van der Waals surface area contributed by atoms with Crippen LogP contribution in [0.5, 0.6) is 0 Å². The molecule has 1 aromatic rings. The fourth-order valence-corrected chi connectivity index (χ4v) is 1.31. The van der Waals surface area contributed by atoms with Gasteiger partial charge in [-0.15, -0.1) is 11.6 Å². The highest BCUT2D eigenvalue weighted by molar-refractivity contribution is 6.20. The van der Waals surface area contributed by atoms with Gasteiger partial charge in [0.15, 0.2) is 0 Å². The van der Waals surface area contributed by atoms with E-state index in [9.17, 15) is 8.78 Å². The predicted molar refractivity (Wildman–Crippen MR) is 54.5 cm³/mol. The molecule has 0 nitrogen and oxygen atoms in total. The van der Waals surface area contributed by atoms with Crippen LogP contribution in [0.1, 0.15) is 19.4 Å². The first-order valence-electron chi connectivity index (χ1n) is 4.59. The lowest BCUT2D eigenvalue weighted by Crippen LogP contribution is -2.13.